The van der Waals surface area contributed by atoms with Gasteiger partial charge in [-0.05, 0) is 91.9 Å². The maximum Gasteiger partial charge on any atom is 0.329 e. The third-order valence-electron chi connectivity index (χ3n) is 7.87. The summed E-state index contributed by atoms with van der Waals surface area (Å²) in [6, 6.07) is 16.3. The van der Waals surface area contributed by atoms with Crippen LogP contribution in [0.5, 0.6) is 0 Å². The van der Waals surface area contributed by atoms with Gasteiger partial charge in [-0.15, -0.1) is 0 Å². The zero-order chi connectivity index (χ0) is 37.0. The molecular weight excluding hydrogens is 702 g/mol. The number of hydrogen-bond acceptors (Lipinski definition) is 7. The number of aryl methyl sites for hydroxylation is 4. The smallest absolute Gasteiger partial charge is 0.304 e. The quantitative estimate of drug-likeness (QED) is 0.135. The summed E-state index contributed by atoms with van der Waals surface area (Å²) in [5.74, 6) is -1.10. The molecule has 0 aliphatic heterocycles. The number of H-pyrrole nitrogens is 3. The topological polar surface area (TPSA) is 168 Å². The van der Waals surface area contributed by atoms with Gasteiger partial charge in [0.2, 0.25) is 11.6 Å². The molecule has 0 aliphatic rings. The minimum atomic E-state index is -0.669. The van der Waals surface area contributed by atoms with Crippen LogP contribution in [0.2, 0.25) is 0 Å². The van der Waals surface area contributed by atoms with E-state index in [1.54, 1.807) is 56.3 Å². The van der Waals surface area contributed by atoms with E-state index in [1.807, 2.05) is 53.7 Å². The second kappa shape index (κ2) is 15.5. The Labute approximate surface area is 297 Å². The first-order chi connectivity index (χ1) is 23.5. The highest BCUT2D eigenvalue weighted by Gasteiger charge is 2.25. The largest absolute Gasteiger partial charge is 0.329 e. The first-order valence-electron chi connectivity index (χ1n) is 16.1. The monoisotopic (exact) mass is 741 g/mol. The summed E-state index contributed by atoms with van der Waals surface area (Å²) in [7, 11) is 0. The minimum absolute atomic E-state index is 0.0701. The Morgan fingerprint density at radius 3 is 1.70 bits per heavy atom. The first-order valence-corrected chi connectivity index (χ1v) is 16.9. The standard InChI is InChI=1S/C22H22BrN3O3.C16H18N2O3/c1-12(2)18-19(20(27)15-9-13(3)8-14(4)10-15)26(22(29)25-21(18)28)11-16-6-5-7-17(23)24-16;1-8(2)12-13(17-16(21)18-15(12)20)14(19)11-6-9(3)5-10(4)7-11/h5-10,12H,11H2,1-4H3,(H,25,28,29);5-8H,1-4H3,(H2,17,18,20,21). The molecule has 0 radical (unpaired) electrons. The molecule has 12 heteroatoms. The Hall–Kier alpha value is -5.23. The van der Waals surface area contributed by atoms with Gasteiger partial charge < -0.3 is 4.98 Å². The number of nitrogens with zero attached hydrogens (tertiary/aromatic N) is 2. The number of aromatic amines is 3. The van der Waals surface area contributed by atoms with Gasteiger partial charge in [0.05, 0.1) is 17.9 Å². The summed E-state index contributed by atoms with van der Waals surface area (Å²) in [6.07, 6.45) is 0. The van der Waals surface area contributed by atoms with E-state index in [0.29, 0.717) is 32.6 Å². The van der Waals surface area contributed by atoms with E-state index < -0.39 is 22.5 Å². The zero-order valence-corrected chi connectivity index (χ0v) is 30.9. The molecule has 5 aromatic rings. The molecule has 0 saturated heterocycles. The fraction of sp³-hybridized carbons (Fsp3) is 0.289. The second-order valence-electron chi connectivity index (χ2n) is 13.0. The van der Waals surface area contributed by atoms with E-state index in [1.165, 1.54) is 4.57 Å². The number of hydrogen-bond donors (Lipinski definition) is 3. The molecule has 0 fully saturated rings. The fourth-order valence-electron chi connectivity index (χ4n) is 5.94. The third kappa shape index (κ3) is 8.67. The minimum Gasteiger partial charge on any atom is -0.304 e. The average molecular weight is 743 g/mol. The predicted molar refractivity (Wildman–Crippen MR) is 197 cm³/mol. The van der Waals surface area contributed by atoms with Crippen LogP contribution >= 0.6 is 15.9 Å². The molecule has 0 amide bonds. The molecule has 3 heterocycles. The summed E-state index contributed by atoms with van der Waals surface area (Å²) < 4.78 is 1.93. The molecule has 5 rings (SSSR count). The molecule has 3 aromatic heterocycles. The van der Waals surface area contributed by atoms with Crippen LogP contribution in [0, 0.1) is 27.7 Å². The van der Waals surface area contributed by atoms with Crippen molar-refractivity contribution in [1.29, 1.82) is 0 Å². The van der Waals surface area contributed by atoms with Gasteiger partial charge in [-0.2, -0.15) is 0 Å². The van der Waals surface area contributed by atoms with E-state index in [2.05, 4.69) is 35.9 Å². The number of aromatic nitrogens is 5. The van der Waals surface area contributed by atoms with Crippen molar-refractivity contribution in [3.63, 3.8) is 0 Å². The van der Waals surface area contributed by atoms with Crippen molar-refractivity contribution in [3.05, 3.63) is 162 Å². The zero-order valence-electron chi connectivity index (χ0n) is 29.3. The van der Waals surface area contributed by atoms with E-state index in [9.17, 15) is 28.8 Å². The number of ketones is 2. The van der Waals surface area contributed by atoms with Gasteiger partial charge in [0.25, 0.3) is 11.1 Å². The van der Waals surface area contributed by atoms with Crippen LogP contribution in [0.15, 0.2) is 78.4 Å². The van der Waals surface area contributed by atoms with Crippen molar-refractivity contribution in [1.82, 2.24) is 24.5 Å². The first kappa shape index (κ1) is 37.6. The summed E-state index contributed by atoms with van der Waals surface area (Å²) in [4.78, 5) is 86.3. The van der Waals surface area contributed by atoms with E-state index in [-0.39, 0.29) is 41.3 Å². The van der Waals surface area contributed by atoms with Crippen LogP contribution in [-0.4, -0.2) is 36.1 Å². The van der Waals surface area contributed by atoms with Crippen molar-refractivity contribution in [2.24, 2.45) is 0 Å². The lowest BCUT2D eigenvalue weighted by Gasteiger charge is -2.17. The number of carbonyl (C=O) groups is 2. The number of nitrogens with one attached hydrogen (secondary N) is 3. The van der Waals surface area contributed by atoms with Crippen molar-refractivity contribution in [2.75, 3.05) is 0 Å². The van der Waals surface area contributed by atoms with Gasteiger partial charge in [-0.3, -0.25) is 33.7 Å². The lowest BCUT2D eigenvalue weighted by molar-refractivity contribution is 0.102. The number of halogens is 1. The molecule has 50 heavy (non-hydrogen) atoms. The van der Waals surface area contributed by atoms with Crippen molar-refractivity contribution < 1.29 is 9.59 Å². The van der Waals surface area contributed by atoms with Crippen LogP contribution in [0.3, 0.4) is 0 Å². The Morgan fingerprint density at radius 2 is 1.20 bits per heavy atom. The van der Waals surface area contributed by atoms with E-state index >= 15 is 0 Å². The fourth-order valence-corrected chi connectivity index (χ4v) is 6.32. The van der Waals surface area contributed by atoms with Gasteiger partial charge in [0.1, 0.15) is 10.3 Å². The molecular formula is C38H40BrN5O6. The molecule has 11 nitrogen and oxygen atoms in total. The summed E-state index contributed by atoms with van der Waals surface area (Å²) in [6.45, 7) is 14.9. The molecule has 2 aromatic carbocycles. The van der Waals surface area contributed by atoms with Crippen LogP contribution in [0.4, 0.5) is 0 Å². The second-order valence-corrected chi connectivity index (χ2v) is 13.8. The number of carbonyl (C=O) groups excluding carboxylic acids is 2. The Kier molecular flexibility index (Phi) is 11.7. The molecule has 0 atom stereocenters. The SMILES string of the molecule is Cc1cc(C)cc(C(=O)c2[nH]c(=O)[nH]c(=O)c2C(C)C)c1.Cc1cc(C)cc(C(=O)c2c(C(C)C)c(=O)[nH]c(=O)n2Cc2cccc(Br)n2)c1. The molecule has 3 N–H and O–H groups in total. The van der Waals surface area contributed by atoms with Gasteiger partial charge >= 0.3 is 11.4 Å². The molecule has 260 valence electrons. The highest BCUT2D eigenvalue weighted by molar-refractivity contribution is 9.10. The van der Waals surface area contributed by atoms with Crippen LogP contribution in [0.1, 0.15) is 111 Å². The lowest BCUT2D eigenvalue weighted by Crippen LogP contribution is -2.38. The number of benzene rings is 2. The average Bonchev–Trinajstić information content (AvgIpc) is 3.00. The van der Waals surface area contributed by atoms with Gasteiger partial charge in [-0.25, -0.2) is 14.6 Å². The molecule has 0 bridgehead atoms. The van der Waals surface area contributed by atoms with Gasteiger partial charge in [0.15, 0.2) is 0 Å². The van der Waals surface area contributed by atoms with E-state index in [4.69, 9.17) is 0 Å². The Bertz CT molecular complexity index is 2310. The highest BCUT2D eigenvalue weighted by Crippen LogP contribution is 2.21. The summed E-state index contributed by atoms with van der Waals surface area (Å²) in [5, 5.41) is 0. The van der Waals surface area contributed by atoms with Crippen molar-refractivity contribution in [3.8, 4) is 0 Å². The Balaban J connectivity index is 0.000000237. The van der Waals surface area contributed by atoms with Gasteiger partial charge in [-0.1, -0.05) is 68.1 Å². The van der Waals surface area contributed by atoms with Gasteiger partial charge in [0, 0.05) is 22.3 Å². The normalized spacial score (nSPS) is 11.0. The van der Waals surface area contributed by atoms with Crippen molar-refractivity contribution in [2.45, 2.75) is 73.8 Å². The van der Waals surface area contributed by atoms with Crippen LogP contribution in [-0.2, 0) is 6.54 Å². The number of rotatable bonds is 8. The summed E-state index contributed by atoms with van der Waals surface area (Å²) in [5.41, 5.74) is 3.74. The van der Waals surface area contributed by atoms with Crippen LogP contribution in [0.25, 0.3) is 0 Å². The summed E-state index contributed by atoms with van der Waals surface area (Å²) >= 11 is 3.32. The maximum absolute atomic E-state index is 13.5. The molecule has 0 spiro atoms. The Morgan fingerprint density at radius 1 is 0.700 bits per heavy atom. The highest BCUT2D eigenvalue weighted by atomic mass is 79.9. The maximum atomic E-state index is 13.5. The lowest BCUT2D eigenvalue weighted by atomic mass is 9.95. The number of pyridine rings is 1. The predicted octanol–water partition coefficient (Wildman–Crippen LogP) is 5.75. The van der Waals surface area contributed by atoms with Crippen LogP contribution < -0.4 is 22.5 Å². The molecule has 0 aliphatic carbocycles. The molecule has 0 saturated carbocycles. The third-order valence-corrected chi connectivity index (χ3v) is 8.31. The van der Waals surface area contributed by atoms with Crippen molar-refractivity contribution >= 4 is 27.5 Å². The van der Waals surface area contributed by atoms with E-state index in [0.717, 1.165) is 22.3 Å². The molecule has 0 unspecified atom stereocenters.